The van der Waals surface area contributed by atoms with Crippen LogP contribution in [0.4, 0.5) is 0 Å². The minimum Gasteiger partial charge on any atom is -0.494 e. The van der Waals surface area contributed by atoms with Crippen molar-refractivity contribution in [1.82, 2.24) is 0 Å². The van der Waals surface area contributed by atoms with Crippen LogP contribution in [0, 0.1) is 0 Å². The topological polar surface area (TPSA) is 34.0 Å². The summed E-state index contributed by atoms with van der Waals surface area (Å²) in [6.45, 7) is 2.66. The molecule has 0 N–H and O–H groups in total. The van der Waals surface area contributed by atoms with Crippen LogP contribution in [-0.2, 0) is 0 Å². The van der Waals surface area contributed by atoms with E-state index in [0.717, 1.165) is 28.2 Å². The molecule has 0 aromatic heterocycles. The Morgan fingerprint density at radius 2 is 1.94 bits per heavy atom. The second-order valence-corrected chi connectivity index (χ2v) is 3.84. The Bertz CT molecular complexity index is 562. The molecule has 84 valence electrons. The van der Waals surface area contributed by atoms with Gasteiger partial charge in [0.15, 0.2) is 0 Å². The summed E-state index contributed by atoms with van der Waals surface area (Å²) in [6, 6.07) is 7.99. The Balaban J connectivity index is 1.87. The van der Waals surface area contributed by atoms with Crippen LogP contribution in [0.5, 0.6) is 5.75 Å². The van der Waals surface area contributed by atoms with E-state index in [-0.39, 0.29) is 0 Å². The number of hydrogen-bond acceptors (Lipinski definition) is 3. The smallest absolute Gasteiger partial charge is 0.119 e. The van der Waals surface area contributed by atoms with Crippen LogP contribution >= 0.6 is 0 Å². The predicted octanol–water partition coefficient (Wildman–Crippen LogP) is 2.74. The van der Waals surface area contributed by atoms with E-state index in [4.69, 9.17) is 4.74 Å². The molecule has 0 atom stereocenters. The van der Waals surface area contributed by atoms with Gasteiger partial charge in [-0.1, -0.05) is 0 Å². The van der Waals surface area contributed by atoms with Gasteiger partial charge in [0.05, 0.1) is 12.3 Å². The molecule has 3 nitrogen and oxygen atoms in total. The highest BCUT2D eigenvalue weighted by atomic mass is 16.5. The zero-order valence-electron chi connectivity index (χ0n) is 9.55. The number of allylic oxidation sites excluding steroid dienone is 2. The van der Waals surface area contributed by atoms with Crippen molar-refractivity contribution in [3.63, 3.8) is 0 Å². The largest absolute Gasteiger partial charge is 0.494 e. The molecule has 0 aliphatic carbocycles. The highest BCUT2D eigenvalue weighted by Gasteiger charge is 2.20. The predicted molar refractivity (Wildman–Crippen MR) is 68.8 cm³/mol. The molecule has 0 spiro atoms. The number of rotatable bonds is 3. The Morgan fingerprint density at radius 3 is 2.71 bits per heavy atom. The second-order valence-electron chi connectivity index (χ2n) is 3.84. The van der Waals surface area contributed by atoms with E-state index in [1.807, 2.05) is 49.8 Å². The Kier molecular flexibility index (Phi) is 2.37. The molecule has 0 amide bonds. The molecule has 0 bridgehead atoms. The van der Waals surface area contributed by atoms with Crippen molar-refractivity contribution in [1.29, 1.82) is 0 Å². The van der Waals surface area contributed by atoms with Gasteiger partial charge >= 0.3 is 0 Å². The van der Waals surface area contributed by atoms with Gasteiger partial charge < -0.3 is 4.74 Å². The van der Waals surface area contributed by atoms with Crippen LogP contribution in [0.15, 0.2) is 57.8 Å². The van der Waals surface area contributed by atoms with E-state index in [2.05, 4.69) is 9.98 Å². The maximum absolute atomic E-state index is 5.42. The van der Waals surface area contributed by atoms with Crippen LogP contribution in [-0.4, -0.2) is 18.5 Å². The molecule has 1 aromatic rings. The van der Waals surface area contributed by atoms with Crippen molar-refractivity contribution in [2.45, 2.75) is 6.92 Å². The number of aliphatic imine (C=N–C) groups is 2. The molecule has 3 rings (SSSR count). The Hall–Kier alpha value is -2.16. The summed E-state index contributed by atoms with van der Waals surface area (Å²) < 4.78 is 5.42. The van der Waals surface area contributed by atoms with Crippen LogP contribution in [0.2, 0.25) is 0 Å². The van der Waals surface area contributed by atoms with Crippen molar-refractivity contribution in [2.24, 2.45) is 9.98 Å². The number of fused-ring (bicyclic) bond motifs is 1. The van der Waals surface area contributed by atoms with E-state index in [1.165, 1.54) is 0 Å². The number of hydrogen-bond donors (Lipinski definition) is 0. The van der Waals surface area contributed by atoms with Gasteiger partial charge in [-0.2, -0.15) is 0 Å². The molecule has 0 saturated heterocycles. The molecule has 0 unspecified atom stereocenters. The lowest BCUT2D eigenvalue weighted by atomic mass is 10.0. The average Bonchev–Trinajstić information content (AvgIpc) is 2.93. The summed E-state index contributed by atoms with van der Waals surface area (Å²) in [5.74, 6) is 0.889. The monoisotopic (exact) mass is 224 g/mol. The average molecular weight is 224 g/mol. The maximum Gasteiger partial charge on any atom is 0.119 e. The second kappa shape index (κ2) is 4.01. The summed E-state index contributed by atoms with van der Waals surface area (Å²) in [4.78, 5) is 8.55. The van der Waals surface area contributed by atoms with Crippen LogP contribution in [0.25, 0.3) is 0 Å². The van der Waals surface area contributed by atoms with Gasteiger partial charge in [0.2, 0.25) is 0 Å². The standard InChI is InChI=1S/C14H12N2O/c1-2-17-12-5-3-10(4-6-12)14-13-9-15-7-11(13)8-16-14/h3-9H,2H2,1H3. The zero-order chi connectivity index (χ0) is 11.7. The first kappa shape index (κ1) is 10.0. The van der Waals surface area contributed by atoms with Gasteiger partial charge in [0.25, 0.3) is 0 Å². The molecule has 17 heavy (non-hydrogen) atoms. The maximum atomic E-state index is 5.42. The lowest BCUT2D eigenvalue weighted by Crippen LogP contribution is -2.02. The lowest BCUT2D eigenvalue weighted by molar-refractivity contribution is 0.340. The first-order valence-corrected chi connectivity index (χ1v) is 5.64. The Morgan fingerprint density at radius 1 is 1.12 bits per heavy atom. The van der Waals surface area contributed by atoms with Crippen molar-refractivity contribution in [3.05, 3.63) is 53.4 Å². The fourth-order valence-corrected chi connectivity index (χ4v) is 1.95. The summed E-state index contributed by atoms with van der Waals surface area (Å²) in [5, 5.41) is 0. The molecule has 1 aromatic carbocycles. The molecule has 0 fully saturated rings. The van der Waals surface area contributed by atoms with Gasteiger partial charge in [-0.25, -0.2) is 0 Å². The quantitative estimate of drug-likeness (QED) is 0.777. The van der Waals surface area contributed by atoms with Crippen LogP contribution in [0.3, 0.4) is 0 Å². The third-order valence-electron chi connectivity index (χ3n) is 2.75. The summed E-state index contributed by atoms with van der Waals surface area (Å²) in [5.41, 5.74) is 4.28. The molecule has 3 heteroatoms. The van der Waals surface area contributed by atoms with Crippen molar-refractivity contribution >= 4 is 11.9 Å². The zero-order valence-corrected chi connectivity index (χ0v) is 9.55. The van der Waals surface area contributed by atoms with E-state index in [9.17, 15) is 0 Å². The van der Waals surface area contributed by atoms with Gasteiger partial charge in [-0.3, -0.25) is 9.98 Å². The van der Waals surface area contributed by atoms with Gasteiger partial charge in [0.1, 0.15) is 5.75 Å². The van der Waals surface area contributed by atoms with Crippen LogP contribution in [0.1, 0.15) is 12.5 Å². The number of benzene rings is 1. The van der Waals surface area contributed by atoms with E-state index in [0.29, 0.717) is 6.61 Å². The Labute approximate surface area is 99.9 Å². The molecule has 0 saturated carbocycles. The van der Waals surface area contributed by atoms with Crippen molar-refractivity contribution in [2.75, 3.05) is 6.61 Å². The van der Waals surface area contributed by atoms with E-state index in [1.54, 1.807) is 0 Å². The SMILES string of the molecule is CCOc1ccc(C2=NC=C3C=NC=C32)cc1. The summed E-state index contributed by atoms with van der Waals surface area (Å²) in [7, 11) is 0. The van der Waals surface area contributed by atoms with Gasteiger partial charge in [-0.05, 0) is 31.2 Å². The highest BCUT2D eigenvalue weighted by molar-refractivity contribution is 6.22. The van der Waals surface area contributed by atoms with E-state index < -0.39 is 0 Å². The first-order chi connectivity index (χ1) is 8.38. The fourth-order valence-electron chi connectivity index (χ4n) is 1.95. The first-order valence-electron chi connectivity index (χ1n) is 5.64. The lowest BCUT2D eigenvalue weighted by Gasteiger charge is -2.06. The fraction of sp³-hybridized carbons (Fsp3) is 0.143. The van der Waals surface area contributed by atoms with Gasteiger partial charge in [-0.15, -0.1) is 0 Å². The molecular formula is C14H12N2O. The minimum absolute atomic E-state index is 0.686. The van der Waals surface area contributed by atoms with Crippen LogP contribution < -0.4 is 4.74 Å². The molecule has 2 aliphatic heterocycles. The van der Waals surface area contributed by atoms with Gasteiger partial charge in [0, 0.05) is 35.3 Å². The third-order valence-corrected chi connectivity index (χ3v) is 2.75. The minimum atomic E-state index is 0.686. The molecule has 0 radical (unpaired) electrons. The third kappa shape index (κ3) is 1.69. The molecule has 2 heterocycles. The number of ether oxygens (including phenoxy) is 1. The van der Waals surface area contributed by atoms with E-state index >= 15 is 0 Å². The normalized spacial score (nSPS) is 16.4. The van der Waals surface area contributed by atoms with Crippen molar-refractivity contribution in [3.8, 4) is 5.75 Å². The summed E-state index contributed by atoms with van der Waals surface area (Å²) >= 11 is 0. The molecular weight excluding hydrogens is 212 g/mol. The number of nitrogens with zero attached hydrogens (tertiary/aromatic N) is 2. The van der Waals surface area contributed by atoms with Crippen molar-refractivity contribution < 1.29 is 4.74 Å². The summed E-state index contributed by atoms with van der Waals surface area (Å²) in [6.07, 6.45) is 5.54. The molecule has 2 aliphatic rings. The highest BCUT2D eigenvalue weighted by Crippen LogP contribution is 2.26.